The van der Waals surface area contributed by atoms with Crippen molar-refractivity contribution in [2.45, 2.75) is 13.8 Å². The van der Waals surface area contributed by atoms with Crippen LogP contribution in [0.1, 0.15) is 11.4 Å². The van der Waals surface area contributed by atoms with Crippen molar-refractivity contribution >= 4 is 17.0 Å². The van der Waals surface area contributed by atoms with Crippen molar-refractivity contribution in [3.05, 3.63) is 42.1 Å². The Labute approximate surface area is 162 Å². The molecular weight excluding hydrogens is 352 g/mol. The van der Waals surface area contributed by atoms with E-state index in [1.807, 2.05) is 26.1 Å². The Kier molecular flexibility index (Phi) is 4.05. The number of H-pyrrole nitrogens is 2. The van der Waals surface area contributed by atoms with Gasteiger partial charge in [-0.05, 0) is 37.6 Å². The van der Waals surface area contributed by atoms with Gasteiger partial charge in [-0.3, -0.25) is 10.1 Å². The number of imidazole rings is 1. The Morgan fingerprint density at radius 3 is 2.79 bits per heavy atom. The van der Waals surface area contributed by atoms with Gasteiger partial charge < -0.3 is 15.2 Å². The van der Waals surface area contributed by atoms with Gasteiger partial charge in [0.1, 0.15) is 11.3 Å². The number of piperazine rings is 1. The van der Waals surface area contributed by atoms with Gasteiger partial charge in [-0.15, -0.1) is 0 Å². The van der Waals surface area contributed by atoms with E-state index in [1.165, 1.54) is 0 Å². The summed E-state index contributed by atoms with van der Waals surface area (Å²) in [6.45, 7) is 7.79. The van der Waals surface area contributed by atoms with Gasteiger partial charge in [0.05, 0.1) is 11.4 Å². The highest BCUT2D eigenvalue weighted by atomic mass is 15.2. The van der Waals surface area contributed by atoms with Crippen molar-refractivity contribution < 1.29 is 0 Å². The lowest BCUT2D eigenvalue weighted by atomic mass is 10.0. The maximum atomic E-state index is 4.76. The second-order valence-corrected chi connectivity index (χ2v) is 7.05. The summed E-state index contributed by atoms with van der Waals surface area (Å²) in [5.41, 5.74) is 7.54. The van der Waals surface area contributed by atoms with E-state index in [0.29, 0.717) is 0 Å². The van der Waals surface area contributed by atoms with Crippen LogP contribution in [0.3, 0.4) is 0 Å². The number of aromatic amines is 2. The zero-order valence-corrected chi connectivity index (χ0v) is 15.9. The molecule has 0 spiro atoms. The first-order valence-corrected chi connectivity index (χ1v) is 9.41. The van der Waals surface area contributed by atoms with Gasteiger partial charge in [0, 0.05) is 49.2 Å². The summed E-state index contributed by atoms with van der Waals surface area (Å²) in [5, 5.41) is 10.7. The molecule has 1 fully saturated rings. The highest BCUT2D eigenvalue weighted by Gasteiger charge is 2.18. The van der Waals surface area contributed by atoms with E-state index in [-0.39, 0.29) is 0 Å². The minimum atomic E-state index is 0.750. The predicted octanol–water partition coefficient (Wildman–Crippen LogP) is 2.24. The second kappa shape index (κ2) is 6.72. The molecule has 0 amide bonds. The van der Waals surface area contributed by atoms with Crippen molar-refractivity contribution in [2.24, 2.45) is 0 Å². The van der Waals surface area contributed by atoms with Crippen LogP contribution in [0.15, 0.2) is 24.4 Å². The van der Waals surface area contributed by atoms with Crippen LogP contribution in [0.2, 0.25) is 0 Å². The summed E-state index contributed by atoms with van der Waals surface area (Å²) < 4.78 is 0. The fourth-order valence-electron chi connectivity index (χ4n) is 3.80. The average Bonchev–Trinajstić information content (AvgIpc) is 3.34. The van der Waals surface area contributed by atoms with Crippen molar-refractivity contribution in [2.75, 3.05) is 31.1 Å². The van der Waals surface area contributed by atoms with Crippen molar-refractivity contribution in [1.29, 1.82) is 0 Å². The molecule has 8 nitrogen and oxygen atoms in total. The summed E-state index contributed by atoms with van der Waals surface area (Å²) in [6.07, 6.45) is 4.68. The molecule has 0 atom stereocenters. The third-order valence-electron chi connectivity index (χ3n) is 5.22. The number of rotatable bonds is 3. The summed E-state index contributed by atoms with van der Waals surface area (Å²) in [6, 6.07) is 6.23. The first-order chi connectivity index (χ1) is 13.7. The molecule has 4 aromatic heterocycles. The Morgan fingerprint density at radius 2 is 2.00 bits per heavy atom. The molecule has 5 rings (SSSR count). The fraction of sp³-hybridized carbons (Fsp3) is 0.300. The lowest BCUT2D eigenvalue weighted by molar-refractivity contribution is 0.585. The van der Waals surface area contributed by atoms with Gasteiger partial charge in [-0.2, -0.15) is 5.10 Å². The Hall–Kier alpha value is -3.26. The largest absolute Gasteiger partial charge is 0.354 e. The molecule has 0 saturated carbocycles. The molecule has 28 heavy (non-hydrogen) atoms. The SMILES string of the molecule is Cc1n[nH]c(C)c1-c1cc(-c2cc(N3CCNCC3)nc3[nH][c]nc23)ccn1. The lowest BCUT2D eigenvalue weighted by Crippen LogP contribution is -2.43. The van der Waals surface area contributed by atoms with Crippen LogP contribution in [0, 0.1) is 20.2 Å². The Bertz CT molecular complexity index is 1120. The first kappa shape index (κ1) is 16.9. The number of hydrogen-bond donors (Lipinski definition) is 3. The molecule has 141 valence electrons. The number of aromatic nitrogens is 6. The first-order valence-electron chi connectivity index (χ1n) is 9.41. The van der Waals surface area contributed by atoms with E-state index in [0.717, 1.165) is 76.9 Å². The van der Waals surface area contributed by atoms with Crippen LogP contribution in [-0.4, -0.2) is 56.3 Å². The van der Waals surface area contributed by atoms with Gasteiger partial charge in [0.25, 0.3) is 0 Å². The van der Waals surface area contributed by atoms with Crippen molar-refractivity contribution in [3.8, 4) is 22.4 Å². The maximum absolute atomic E-state index is 4.76. The highest BCUT2D eigenvalue weighted by Crippen LogP contribution is 2.32. The van der Waals surface area contributed by atoms with Crippen molar-refractivity contribution in [3.63, 3.8) is 0 Å². The minimum Gasteiger partial charge on any atom is -0.354 e. The number of hydrogen-bond acceptors (Lipinski definition) is 6. The zero-order chi connectivity index (χ0) is 19.1. The zero-order valence-electron chi connectivity index (χ0n) is 15.9. The molecule has 0 bridgehead atoms. The maximum Gasteiger partial charge on any atom is 0.175 e. The smallest absolute Gasteiger partial charge is 0.175 e. The summed E-state index contributed by atoms with van der Waals surface area (Å²) in [5.74, 6) is 0.954. The number of aryl methyl sites for hydroxylation is 2. The second-order valence-electron chi connectivity index (χ2n) is 7.05. The van der Waals surface area contributed by atoms with E-state index < -0.39 is 0 Å². The van der Waals surface area contributed by atoms with Gasteiger partial charge in [-0.25, -0.2) is 9.97 Å². The predicted molar refractivity (Wildman–Crippen MR) is 108 cm³/mol. The third-order valence-corrected chi connectivity index (χ3v) is 5.22. The minimum absolute atomic E-state index is 0.750. The van der Waals surface area contributed by atoms with Crippen LogP contribution in [0.5, 0.6) is 0 Å². The molecule has 4 aromatic rings. The molecular formula is C20H21N8. The molecule has 1 saturated heterocycles. The molecule has 0 aromatic carbocycles. The van der Waals surface area contributed by atoms with E-state index >= 15 is 0 Å². The van der Waals surface area contributed by atoms with Crippen LogP contribution in [0.4, 0.5) is 5.82 Å². The molecule has 3 N–H and O–H groups in total. The van der Waals surface area contributed by atoms with E-state index in [4.69, 9.17) is 4.98 Å². The van der Waals surface area contributed by atoms with Gasteiger partial charge in [0.2, 0.25) is 0 Å². The van der Waals surface area contributed by atoms with Gasteiger partial charge in [-0.1, -0.05) is 0 Å². The number of nitrogens with zero attached hydrogens (tertiary/aromatic N) is 5. The molecule has 0 aliphatic carbocycles. The van der Waals surface area contributed by atoms with Gasteiger partial charge in [0.15, 0.2) is 12.0 Å². The normalized spacial score (nSPS) is 14.7. The monoisotopic (exact) mass is 373 g/mol. The van der Waals surface area contributed by atoms with E-state index in [2.05, 4.69) is 53.8 Å². The van der Waals surface area contributed by atoms with Crippen LogP contribution in [0.25, 0.3) is 33.5 Å². The van der Waals surface area contributed by atoms with Crippen LogP contribution < -0.4 is 10.2 Å². The lowest BCUT2D eigenvalue weighted by Gasteiger charge is -2.28. The van der Waals surface area contributed by atoms with E-state index in [1.54, 1.807) is 0 Å². The molecule has 1 aliphatic rings. The summed E-state index contributed by atoms with van der Waals surface area (Å²) in [4.78, 5) is 19.1. The molecule has 1 aliphatic heterocycles. The highest BCUT2D eigenvalue weighted by molar-refractivity contribution is 5.92. The van der Waals surface area contributed by atoms with Crippen LogP contribution >= 0.6 is 0 Å². The quantitative estimate of drug-likeness (QED) is 0.509. The average molecular weight is 373 g/mol. The van der Waals surface area contributed by atoms with Gasteiger partial charge >= 0.3 is 0 Å². The van der Waals surface area contributed by atoms with Crippen LogP contribution in [-0.2, 0) is 0 Å². The number of nitrogens with one attached hydrogen (secondary N) is 3. The summed E-state index contributed by atoms with van der Waals surface area (Å²) in [7, 11) is 0. The third kappa shape index (κ3) is 2.82. The number of pyridine rings is 2. The fourth-order valence-corrected chi connectivity index (χ4v) is 3.80. The molecule has 1 radical (unpaired) electrons. The van der Waals surface area contributed by atoms with Crippen molar-refractivity contribution in [1.82, 2.24) is 35.5 Å². The number of anilines is 1. The van der Waals surface area contributed by atoms with E-state index in [9.17, 15) is 0 Å². The standard InChI is InChI=1S/C20H21N8/c1-12-18(13(2)27-26-12)16-9-14(3-4-22-16)15-10-17(28-7-5-21-6-8-28)25-20-19(15)23-11-24-20/h3-4,9-10,21H,5-8H2,1-2H3,(H,26,27)(H,23,24,25). The Balaban J connectivity index is 1.65. The topological polar surface area (TPSA) is 98.4 Å². The molecule has 8 heteroatoms. The summed E-state index contributed by atoms with van der Waals surface area (Å²) >= 11 is 0. The Morgan fingerprint density at radius 1 is 1.14 bits per heavy atom. The molecule has 0 unspecified atom stereocenters. The molecule has 5 heterocycles. The number of fused-ring (bicyclic) bond motifs is 1.